The Balaban J connectivity index is 1.82. The van der Waals surface area contributed by atoms with Crippen LogP contribution in [0.25, 0.3) is 0 Å². The smallest absolute Gasteiger partial charge is 0.254 e. The van der Waals surface area contributed by atoms with E-state index in [1.54, 1.807) is 6.07 Å². The van der Waals surface area contributed by atoms with E-state index in [0.717, 1.165) is 12.8 Å². The van der Waals surface area contributed by atoms with Crippen molar-refractivity contribution in [3.8, 4) is 0 Å². The van der Waals surface area contributed by atoms with Crippen LogP contribution in [0.4, 0.5) is 4.39 Å². The average molecular weight is 322 g/mol. The minimum atomic E-state index is -0.562. The number of hydrogen-bond acceptors (Lipinski definition) is 3. The van der Waals surface area contributed by atoms with Crippen molar-refractivity contribution in [3.05, 3.63) is 35.6 Å². The van der Waals surface area contributed by atoms with Crippen LogP contribution in [0.1, 0.15) is 36.5 Å². The molecule has 0 radical (unpaired) electrons. The largest absolute Gasteiger partial charge is 0.377 e. The summed E-state index contributed by atoms with van der Waals surface area (Å²) in [5.74, 6) is -1.06. The van der Waals surface area contributed by atoms with E-state index >= 15 is 0 Å². The zero-order valence-corrected chi connectivity index (χ0v) is 13.4. The number of hydrogen-bond donors (Lipinski definition) is 1. The second-order valence-electron chi connectivity index (χ2n) is 5.59. The van der Waals surface area contributed by atoms with Crippen molar-refractivity contribution in [2.45, 2.75) is 32.2 Å². The molecule has 1 fully saturated rings. The highest BCUT2D eigenvalue weighted by Gasteiger charge is 2.26. The molecular weight excluding hydrogens is 299 g/mol. The number of carbonyl (C=O) groups is 2. The number of nitrogens with zero attached hydrogens (tertiary/aromatic N) is 1. The molecule has 1 heterocycles. The van der Waals surface area contributed by atoms with Gasteiger partial charge in [0.1, 0.15) is 5.82 Å². The lowest BCUT2D eigenvalue weighted by atomic mass is 10.1. The fourth-order valence-electron chi connectivity index (χ4n) is 2.72. The van der Waals surface area contributed by atoms with Crippen LogP contribution in [-0.2, 0) is 9.53 Å². The molecule has 0 saturated carbocycles. The lowest BCUT2D eigenvalue weighted by Gasteiger charge is -2.35. The first-order chi connectivity index (χ1) is 11.1. The first-order valence-electron chi connectivity index (χ1n) is 8.03. The van der Waals surface area contributed by atoms with Crippen LogP contribution in [0, 0.1) is 5.82 Å². The summed E-state index contributed by atoms with van der Waals surface area (Å²) < 4.78 is 18.9. The maximum absolute atomic E-state index is 13.5. The van der Waals surface area contributed by atoms with Crippen molar-refractivity contribution < 1.29 is 18.7 Å². The lowest BCUT2D eigenvalue weighted by molar-refractivity contribution is -0.140. The quantitative estimate of drug-likeness (QED) is 0.871. The van der Waals surface area contributed by atoms with Gasteiger partial charge in [-0.25, -0.2) is 4.39 Å². The second-order valence-corrected chi connectivity index (χ2v) is 5.59. The summed E-state index contributed by atoms with van der Waals surface area (Å²) in [4.78, 5) is 26.0. The van der Waals surface area contributed by atoms with E-state index in [0.29, 0.717) is 19.8 Å². The number of morpholine rings is 1. The zero-order chi connectivity index (χ0) is 16.7. The predicted molar refractivity (Wildman–Crippen MR) is 84.6 cm³/mol. The molecule has 2 rings (SSSR count). The Morgan fingerprint density at radius 1 is 1.39 bits per heavy atom. The molecule has 126 valence electrons. The van der Waals surface area contributed by atoms with Gasteiger partial charge < -0.3 is 15.0 Å². The molecule has 1 aromatic carbocycles. The van der Waals surface area contributed by atoms with Gasteiger partial charge in [-0.05, 0) is 18.6 Å². The van der Waals surface area contributed by atoms with Crippen LogP contribution in [0.5, 0.6) is 0 Å². The molecule has 0 aliphatic carbocycles. The topological polar surface area (TPSA) is 58.6 Å². The van der Waals surface area contributed by atoms with Crippen LogP contribution in [-0.4, -0.2) is 49.1 Å². The Morgan fingerprint density at radius 2 is 2.17 bits per heavy atom. The minimum absolute atomic E-state index is 0.000540. The Hall–Kier alpha value is -1.95. The molecule has 6 heteroatoms. The minimum Gasteiger partial charge on any atom is -0.377 e. The van der Waals surface area contributed by atoms with Gasteiger partial charge in [0.25, 0.3) is 5.91 Å². The molecule has 1 aliphatic rings. The molecule has 0 aromatic heterocycles. The monoisotopic (exact) mass is 322 g/mol. The van der Waals surface area contributed by atoms with Crippen molar-refractivity contribution in [2.75, 3.05) is 26.3 Å². The molecule has 5 nitrogen and oxygen atoms in total. The van der Waals surface area contributed by atoms with Crippen LogP contribution in [0.3, 0.4) is 0 Å². The Labute approximate surface area is 135 Å². The van der Waals surface area contributed by atoms with Crippen molar-refractivity contribution >= 4 is 11.8 Å². The number of rotatable bonds is 6. The summed E-state index contributed by atoms with van der Waals surface area (Å²) >= 11 is 0. The molecule has 2 amide bonds. The second kappa shape index (κ2) is 8.62. The third kappa shape index (κ3) is 4.76. The SMILES string of the molecule is CCC[C@H]1COCCN1C(=O)CCNC(=O)c1ccccc1F. The Bertz CT molecular complexity index is 548. The van der Waals surface area contributed by atoms with E-state index in [-0.39, 0.29) is 30.5 Å². The summed E-state index contributed by atoms with van der Waals surface area (Å²) in [5.41, 5.74) is -0.00446. The van der Waals surface area contributed by atoms with Crippen LogP contribution in [0.15, 0.2) is 24.3 Å². The Morgan fingerprint density at radius 3 is 2.91 bits per heavy atom. The van der Waals surface area contributed by atoms with Gasteiger partial charge in [0.2, 0.25) is 5.91 Å². The van der Waals surface area contributed by atoms with Gasteiger partial charge in [0.15, 0.2) is 0 Å². The number of amides is 2. The van der Waals surface area contributed by atoms with Crippen LogP contribution in [0.2, 0.25) is 0 Å². The summed E-state index contributed by atoms with van der Waals surface area (Å²) in [6.45, 7) is 3.98. The molecule has 1 atom stereocenters. The summed E-state index contributed by atoms with van der Waals surface area (Å²) in [6, 6.07) is 5.91. The van der Waals surface area contributed by atoms with Crippen molar-refractivity contribution in [2.24, 2.45) is 0 Å². The highest BCUT2D eigenvalue weighted by atomic mass is 19.1. The molecule has 0 unspecified atom stereocenters. The lowest BCUT2D eigenvalue weighted by Crippen LogP contribution is -2.49. The van der Waals surface area contributed by atoms with E-state index < -0.39 is 11.7 Å². The molecular formula is C17H23FN2O3. The van der Waals surface area contributed by atoms with Gasteiger partial charge in [-0.15, -0.1) is 0 Å². The van der Waals surface area contributed by atoms with Crippen molar-refractivity contribution in [3.63, 3.8) is 0 Å². The fourth-order valence-corrected chi connectivity index (χ4v) is 2.72. The molecule has 23 heavy (non-hydrogen) atoms. The highest BCUT2D eigenvalue weighted by Crippen LogP contribution is 2.13. The number of benzene rings is 1. The number of nitrogens with one attached hydrogen (secondary N) is 1. The third-order valence-electron chi connectivity index (χ3n) is 3.91. The van der Waals surface area contributed by atoms with Crippen LogP contribution < -0.4 is 5.32 Å². The van der Waals surface area contributed by atoms with E-state index in [4.69, 9.17) is 4.74 Å². The van der Waals surface area contributed by atoms with Gasteiger partial charge in [-0.3, -0.25) is 9.59 Å². The third-order valence-corrected chi connectivity index (χ3v) is 3.91. The van der Waals surface area contributed by atoms with Gasteiger partial charge in [0, 0.05) is 19.5 Å². The number of carbonyl (C=O) groups excluding carboxylic acids is 2. The van der Waals surface area contributed by atoms with Crippen LogP contribution >= 0.6 is 0 Å². The van der Waals surface area contributed by atoms with E-state index in [9.17, 15) is 14.0 Å². The first-order valence-corrected chi connectivity index (χ1v) is 8.03. The Kier molecular flexibility index (Phi) is 6.52. The molecule has 1 saturated heterocycles. The summed E-state index contributed by atoms with van der Waals surface area (Å²) in [6.07, 6.45) is 2.11. The first kappa shape index (κ1) is 17.4. The summed E-state index contributed by atoms with van der Waals surface area (Å²) in [7, 11) is 0. The molecule has 1 aromatic rings. The van der Waals surface area contributed by atoms with Crippen molar-refractivity contribution in [1.29, 1.82) is 0 Å². The normalized spacial score (nSPS) is 17.8. The molecule has 0 spiro atoms. The van der Waals surface area contributed by atoms with Gasteiger partial charge in [-0.2, -0.15) is 0 Å². The fraction of sp³-hybridized carbons (Fsp3) is 0.529. The zero-order valence-electron chi connectivity index (χ0n) is 13.4. The number of ether oxygens (including phenoxy) is 1. The van der Waals surface area contributed by atoms with Gasteiger partial charge in [-0.1, -0.05) is 25.5 Å². The van der Waals surface area contributed by atoms with Gasteiger partial charge in [0.05, 0.1) is 24.8 Å². The molecule has 1 N–H and O–H groups in total. The van der Waals surface area contributed by atoms with Gasteiger partial charge >= 0.3 is 0 Å². The van der Waals surface area contributed by atoms with E-state index in [2.05, 4.69) is 12.2 Å². The maximum atomic E-state index is 13.5. The number of halogens is 1. The van der Waals surface area contributed by atoms with E-state index in [1.807, 2.05) is 4.90 Å². The molecule has 0 bridgehead atoms. The van der Waals surface area contributed by atoms with Crippen molar-refractivity contribution in [1.82, 2.24) is 10.2 Å². The van der Waals surface area contributed by atoms with E-state index in [1.165, 1.54) is 18.2 Å². The highest BCUT2D eigenvalue weighted by molar-refractivity contribution is 5.94. The average Bonchev–Trinajstić information content (AvgIpc) is 2.56. The standard InChI is InChI=1S/C17H23FN2O3/c1-2-5-13-12-23-11-10-20(13)16(21)8-9-19-17(22)14-6-3-4-7-15(14)18/h3-4,6-7,13H,2,5,8-12H2,1H3,(H,19,22)/t13-/m0/s1. The molecule has 1 aliphatic heterocycles. The predicted octanol–water partition coefficient (Wildman–Crippen LogP) is 1.97. The maximum Gasteiger partial charge on any atom is 0.254 e. The summed E-state index contributed by atoms with van der Waals surface area (Å²) in [5, 5.41) is 2.60.